The Morgan fingerprint density at radius 2 is 0.552 bits per heavy atom. The van der Waals surface area contributed by atoms with Crippen LogP contribution in [0.15, 0.2) is 48.5 Å². The smallest absolute Gasteiger partial charge is 0.464 e. The maximum absolute atomic E-state index is 13.0. The maximum atomic E-state index is 13.0. The molecule has 105 heavy (non-hydrogen) atoms. The standard InChI is InChI=1S/C39H66N2O8.C34H62F3NO5.C7H4ClNO4/c1-3-5-7-9-11-13-15-17-19-21-23-25-37(42)47-33-31-40(39(44)49-36-29-27-35(28-30-36)41(45)46)32-34-48-38(43)26-24-22-20-18-16-14-12-10-8-6-4-2;1-3-5-7-9-11-13-15-17-19-21-23-25-31(39)42-29-27-38(33(41)34(35,36)37)28-30-43-32(40)26-24-22-20-18-16-14-12-10-8-6-4-2;8-7(10)13-6-3-1-5(2-4-6)9(11)12/h27-30H,3-26,31-34H2,1-2H3;3-30H2,1-2H3;1-4H. The summed E-state index contributed by atoms with van der Waals surface area (Å²) < 4.78 is 69.9. The first-order chi connectivity index (χ1) is 50.7. The molecule has 0 saturated carbocycles. The largest absolute Gasteiger partial charge is 0.471 e. The van der Waals surface area contributed by atoms with E-state index in [9.17, 15) is 67.0 Å². The number of amides is 2. The van der Waals surface area contributed by atoms with Gasteiger partial charge in [0.25, 0.3) is 11.4 Å². The van der Waals surface area contributed by atoms with Gasteiger partial charge in [0.05, 0.1) is 36.0 Å². The summed E-state index contributed by atoms with van der Waals surface area (Å²) in [7, 11) is 0. The second-order valence-corrected chi connectivity index (χ2v) is 27.3. The molecule has 602 valence electrons. The van der Waals surface area contributed by atoms with E-state index >= 15 is 0 Å². The van der Waals surface area contributed by atoms with Crippen molar-refractivity contribution in [3.63, 3.8) is 0 Å². The van der Waals surface area contributed by atoms with Crippen molar-refractivity contribution < 1.29 is 85.0 Å². The molecule has 2 aromatic rings. The molecule has 0 unspecified atom stereocenters. The number of non-ortho nitro benzene ring substituents is 2. The second kappa shape index (κ2) is 69.2. The van der Waals surface area contributed by atoms with E-state index in [1.807, 2.05) is 0 Å². The Hall–Kier alpha value is -6.59. The summed E-state index contributed by atoms with van der Waals surface area (Å²) in [4.78, 5) is 105. The van der Waals surface area contributed by atoms with E-state index in [-0.39, 0.29) is 87.2 Å². The molecule has 2 aromatic carbocycles. The van der Waals surface area contributed by atoms with Gasteiger partial charge >= 0.3 is 47.5 Å². The van der Waals surface area contributed by atoms with Crippen molar-refractivity contribution in [2.45, 2.75) is 342 Å². The van der Waals surface area contributed by atoms with Crippen LogP contribution in [0.2, 0.25) is 0 Å². The fourth-order valence-corrected chi connectivity index (χ4v) is 11.5. The van der Waals surface area contributed by atoms with Crippen molar-refractivity contribution in [1.29, 1.82) is 0 Å². The van der Waals surface area contributed by atoms with Gasteiger partial charge in [0, 0.05) is 61.5 Å². The number of nitro groups is 2. The predicted molar refractivity (Wildman–Crippen MR) is 406 cm³/mol. The fourth-order valence-electron chi connectivity index (χ4n) is 11.4. The molecule has 21 nitrogen and oxygen atoms in total. The van der Waals surface area contributed by atoms with Crippen LogP contribution < -0.4 is 9.47 Å². The summed E-state index contributed by atoms with van der Waals surface area (Å²) in [5.74, 6) is -3.29. The van der Waals surface area contributed by atoms with E-state index in [0.29, 0.717) is 30.6 Å². The number of carbonyl (C=O) groups is 7. The molecule has 0 bridgehead atoms. The zero-order valence-corrected chi connectivity index (χ0v) is 65.2. The molecule has 0 spiro atoms. The summed E-state index contributed by atoms with van der Waals surface area (Å²) in [6.45, 7) is 7.51. The van der Waals surface area contributed by atoms with Gasteiger partial charge in [-0.3, -0.25) is 44.2 Å². The molecule has 0 radical (unpaired) electrons. The van der Waals surface area contributed by atoms with Crippen molar-refractivity contribution in [3.05, 3.63) is 68.8 Å². The highest BCUT2D eigenvalue weighted by molar-refractivity contribution is 6.61. The molecule has 0 fully saturated rings. The molecule has 0 N–H and O–H groups in total. The Balaban J connectivity index is 0.00000176. The van der Waals surface area contributed by atoms with Crippen LogP contribution in [-0.2, 0) is 42.9 Å². The van der Waals surface area contributed by atoms with Crippen molar-refractivity contribution in [1.82, 2.24) is 9.80 Å². The number of rotatable bonds is 64. The van der Waals surface area contributed by atoms with E-state index in [1.54, 1.807) is 0 Å². The van der Waals surface area contributed by atoms with E-state index in [4.69, 9.17) is 35.3 Å². The third kappa shape index (κ3) is 62.2. The summed E-state index contributed by atoms with van der Waals surface area (Å²) in [5, 5.41) is 21.1. The number of hydrogen-bond acceptors (Lipinski definition) is 17. The Morgan fingerprint density at radius 3 is 0.762 bits per heavy atom. The number of unbranched alkanes of at least 4 members (excludes halogenated alkanes) is 40. The molecular weight excluding hydrogens is 1380 g/mol. The first kappa shape index (κ1) is 98.4. The van der Waals surface area contributed by atoms with E-state index in [2.05, 4.69) is 32.4 Å². The van der Waals surface area contributed by atoms with Crippen LogP contribution in [0.4, 0.5) is 34.1 Å². The third-order valence-corrected chi connectivity index (χ3v) is 17.8. The number of hydrogen-bond donors (Lipinski definition) is 0. The molecule has 0 aliphatic carbocycles. The van der Waals surface area contributed by atoms with Crippen LogP contribution in [-0.4, -0.2) is 120 Å². The highest BCUT2D eigenvalue weighted by atomic mass is 35.5. The number of alkyl halides is 3. The minimum atomic E-state index is -5.06. The minimum Gasteiger partial charge on any atom is -0.464 e. The number of carbonyl (C=O) groups excluding carboxylic acids is 7. The highest BCUT2D eigenvalue weighted by Crippen LogP contribution is 2.23. The zero-order valence-electron chi connectivity index (χ0n) is 64.5. The predicted octanol–water partition coefficient (Wildman–Crippen LogP) is 23.1. The van der Waals surface area contributed by atoms with Crippen LogP contribution in [0.3, 0.4) is 0 Å². The van der Waals surface area contributed by atoms with Crippen molar-refractivity contribution >= 4 is 64.3 Å². The molecular formula is C80H132ClF3N4O17. The van der Waals surface area contributed by atoms with Crippen LogP contribution in [0.5, 0.6) is 11.5 Å². The lowest BCUT2D eigenvalue weighted by Crippen LogP contribution is -2.44. The molecule has 0 aliphatic heterocycles. The van der Waals surface area contributed by atoms with Crippen molar-refractivity contribution in [3.8, 4) is 11.5 Å². The van der Waals surface area contributed by atoms with Crippen LogP contribution in [0.25, 0.3) is 0 Å². The Labute approximate surface area is 631 Å². The van der Waals surface area contributed by atoms with E-state index in [0.717, 1.165) is 77.0 Å². The maximum Gasteiger partial charge on any atom is 0.471 e. The Bertz CT molecular complexity index is 2460. The number of benzene rings is 2. The number of esters is 4. The summed E-state index contributed by atoms with van der Waals surface area (Å²) in [5.41, 5.74) is -1.17. The van der Waals surface area contributed by atoms with Gasteiger partial charge in [0.1, 0.15) is 37.9 Å². The molecule has 0 heterocycles. The Morgan fingerprint density at radius 1 is 0.343 bits per heavy atom. The van der Waals surface area contributed by atoms with Gasteiger partial charge < -0.3 is 38.2 Å². The average molecular weight is 1510 g/mol. The molecule has 0 aromatic heterocycles. The van der Waals surface area contributed by atoms with E-state index in [1.165, 1.54) is 246 Å². The molecule has 0 saturated heterocycles. The van der Waals surface area contributed by atoms with Gasteiger partial charge in [-0.25, -0.2) is 9.59 Å². The van der Waals surface area contributed by atoms with Gasteiger partial charge in [-0.2, -0.15) is 13.2 Å². The lowest BCUT2D eigenvalue weighted by molar-refractivity contribution is -0.385. The molecule has 0 aliphatic rings. The summed E-state index contributed by atoms with van der Waals surface area (Å²) in [6, 6.07) is 10.2. The fraction of sp³-hybridized carbons (Fsp3) is 0.762. The second-order valence-electron chi connectivity index (χ2n) is 27.0. The molecule has 2 rings (SSSR count). The first-order valence-corrected chi connectivity index (χ1v) is 40.4. The normalized spacial score (nSPS) is 10.9. The molecule has 25 heteroatoms. The minimum absolute atomic E-state index is 0.0150. The summed E-state index contributed by atoms with van der Waals surface area (Å²) in [6.07, 6.45) is 47.0. The van der Waals surface area contributed by atoms with Crippen LogP contribution in [0, 0.1) is 20.2 Å². The van der Waals surface area contributed by atoms with Crippen LogP contribution >= 0.6 is 11.6 Å². The average Bonchev–Trinajstić information content (AvgIpc) is 0.932. The van der Waals surface area contributed by atoms with Gasteiger partial charge in [0.15, 0.2) is 0 Å². The zero-order chi connectivity index (χ0) is 77.7. The van der Waals surface area contributed by atoms with Gasteiger partial charge in [-0.15, -0.1) is 0 Å². The highest BCUT2D eigenvalue weighted by Gasteiger charge is 2.42. The summed E-state index contributed by atoms with van der Waals surface area (Å²) >= 11 is 4.92. The SMILES string of the molecule is CCCCCCCCCCCCCC(=O)OCCN(CCOC(=O)CCCCCCCCCCCCC)C(=O)C(F)(F)F.CCCCCCCCCCCCCC(=O)OCCN(CCOC(=O)CCCCCCCCCCCCC)C(=O)Oc1ccc([N+](=O)[O-])cc1.O=C(Cl)Oc1ccc([N+](=O)[O-])cc1. The molecule has 2 amide bonds. The third-order valence-electron chi connectivity index (χ3n) is 17.7. The number of halogens is 4. The quantitative estimate of drug-likeness (QED) is 0.0149. The van der Waals surface area contributed by atoms with Crippen molar-refractivity contribution in [2.24, 2.45) is 0 Å². The first-order valence-electron chi connectivity index (χ1n) is 40.0. The van der Waals surface area contributed by atoms with Crippen molar-refractivity contribution in [2.75, 3.05) is 52.6 Å². The van der Waals surface area contributed by atoms with Gasteiger partial charge in [-0.05, 0) is 49.9 Å². The number of nitro benzene ring substituents is 2. The topological polar surface area (TPSA) is 268 Å². The van der Waals surface area contributed by atoms with Gasteiger partial charge in [-0.1, -0.05) is 285 Å². The number of ether oxygens (including phenoxy) is 6. The monoisotopic (exact) mass is 1510 g/mol. The molecule has 0 atom stereocenters. The Kier molecular flexibility index (Phi) is 64.8. The lowest BCUT2D eigenvalue weighted by Gasteiger charge is -2.23. The number of nitrogens with zero attached hydrogens (tertiary/aromatic N) is 4. The van der Waals surface area contributed by atoms with E-state index < -0.39 is 58.5 Å². The lowest BCUT2D eigenvalue weighted by atomic mass is 10.1. The van der Waals surface area contributed by atoms with Gasteiger partial charge in [0.2, 0.25) is 0 Å². The van der Waals surface area contributed by atoms with Crippen LogP contribution in [0.1, 0.15) is 336 Å².